The summed E-state index contributed by atoms with van der Waals surface area (Å²) in [7, 11) is 0. The SMILES string of the molecule is N#Cc1c(N)nc(N)nc1-c1ccc(-c2ccc(C(F)(F)F)cc2)cc1. The van der Waals surface area contributed by atoms with E-state index in [2.05, 4.69) is 9.97 Å². The Kier molecular flexibility index (Phi) is 4.22. The molecule has 0 atom stereocenters. The largest absolute Gasteiger partial charge is 0.416 e. The second kappa shape index (κ2) is 6.37. The van der Waals surface area contributed by atoms with E-state index in [0.717, 1.165) is 17.7 Å². The highest BCUT2D eigenvalue weighted by Gasteiger charge is 2.29. The van der Waals surface area contributed by atoms with Crippen molar-refractivity contribution in [1.29, 1.82) is 5.26 Å². The van der Waals surface area contributed by atoms with Crippen LogP contribution in [0.1, 0.15) is 11.1 Å². The summed E-state index contributed by atoms with van der Waals surface area (Å²) in [6.45, 7) is 0. The summed E-state index contributed by atoms with van der Waals surface area (Å²) in [5.41, 5.74) is 12.9. The highest BCUT2D eigenvalue weighted by Crippen LogP contribution is 2.32. The average Bonchev–Trinajstić information content (AvgIpc) is 2.61. The van der Waals surface area contributed by atoms with Crippen molar-refractivity contribution in [2.45, 2.75) is 6.18 Å². The van der Waals surface area contributed by atoms with Crippen LogP contribution in [0.4, 0.5) is 24.9 Å². The van der Waals surface area contributed by atoms with E-state index in [0.29, 0.717) is 16.8 Å². The number of nitrogens with zero attached hydrogens (tertiary/aromatic N) is 3. The number of alkyl halides is 3. The van der Waals surface area contributed by atoms with Gasteiger partial charge in [0.2, 0.25) is 5.95 Å². The average molecular weight is 355 g/mol. The van der Waals surface area contributed by atoms with Gasteiger partial charge in [-0.25, -0.2) is 4.98 Å². The van der Waals surface area contributed by atoms with E-state index in [1.807, 2.05) is 6.07 Å². The molecule has 4 N–H and O–H groups in total. The minimum atomic E-state index is -4.37. The smallest absolute Gasteiger partial charge is 0.382 e. The summed E-state index contributed by atoms with van der Waals surface area (Å²) in [5.74, 6) is -0.0647. The van der Waals surface area contributed by atoms with Crippen molar-refractivity contribution in [2.75, 3.05) is 11.5 Å². The van der Waals surface area contributed by atoms with E-state index in [1.165, 1.54) is 12.1 Å². The molecule has 0 aliphatic heterocycles. The molecule has 2 aromatic carbocycles. The van der Waals surface area contributed by atoms with Gasteiger partial charge < -0.3 is 11.5 Å². The van der Waals surface area contributed by atoms with Crippen molar-refractivity contribution in [2.24, 2.45) is 0 Å². The predicted molar refractivity (Wildman–Crippen MR) is 91.4 cm³/mol. The minimum Gasteiger partial charge on any atom is -0.382 e. The first-order valence-corrected chi connectivity index (χ1v) is 7.41. The second-order valence-corrected chi connectivity index (χ2v) is 5.45. The Hall–Kier alpha value is -3.60. The van der Waals surface area contributed by atoms with Crippen LogP contribution in [0, 0.1) is 11.3 Å². The third-order valence-electron chi connectivity index (χ3n) is 3.77. The van der Waals surface area contributed by atoms with Crippen LogP contribution in [0.15, 0.2) is 48.5 Å². The third kappa shape index (κ3) is 3.28. The van der Waals surface area contributed by atoms with Gasteiger partial charge in [0.15, 0.2) is 0 Å². The fraction of sp³-hybridized carbons (Fsp3) is 0.0556. The van der Waals surface area contributed by atoms with E-state index in [-0.39, 0.29) is 17.3 Å². The van der Waals surface area contributed by atoms with Gasteiger partial charge in [0.05, 0.1) is 11.3 Å². The Labute approximate surface area is 146 Å². The van der Waals surface area contributed by atoms with Gasteiger partial charge in [-0.2, -0.15) is 23.4 Å². The fourth-order valence-electron chi connectivity index (χ4n) is 2.49. The van der Waals surface area contributed by atoms with Crippen LogP contribution in [0.25, 0.3) is 22.4 Å². The molecule has 26 heavy (non-hydrogen) atoms. The summed E-state index contributed by atoms with van der Waals surface area (Å²) < 4.78 is 37.9. The zero-order valence-electron chi connectivity index (χ0n) is 13.2. The Morgan fingerprint density at radius 1 is 0.808 bits per heavy atom. The van der Waals surface area contributed by atoms with Crippen LogP contribution in [0.2, 0.25) is 0 Å². The number of nitrogens with two attached hydrogens (primary N) is 2. The number of benzene rings is 2. The molecule has 3 aromatic rings. The van der Waals surface area contributed by atoms with E-state index in [9.17, 15) is 18.4 Å². The van der Waals surface area contributed by atoms with E-state index in [1.54, 1.807) is 24.3 Å². The maximum atomic E-state index is 12.6. The zero-order valence-corrected chi connectivity index (χ0v) is 13.2. The quantitative estimate of drug-likeness (QED) is 0.727. The van der Waals surface area contributed by atoms with Gasteiger partial charge in [-0.1, -0.05) is 36.4 Å². The number of nitriles is 1. The number of aromatic nitrogens is 2. The lowest BCUT2D eigenvalue weighted by Crippen LogP contribution is -2.05. The van der Waals surface area contributed by atoms with Gasteiger partial charge in [-0.15, -0.1) is 0 Å². The van der Waals surface area contributed by atoms with Crippen LogP contribution >= 0.6 is 0 Å². The monoisotopic (exact) mass is 355 g/mol. The molecule has 1 aromatic heterocycles. The number of nitrogen functional groups attached to an aromatic ring is 2. The summed E-state index contributed by atoms with van der Waals surface area (Å²) >= 11 is 0. The van der Waals surface area contributed by atoms with E-state index >= 15 is 0 Å². The normalized spacial score (nSPS) is 11.2. The molecule has 0 aliphatic carbocycles. The molecule has 0 spiro atoms. The lowest BCUT2D eigenvalue weighted by Gasteiger charge is -2.09. The molecule has 130 valence electrons. The van der Waals surface area contributed by atoms with Crippen molar-refractivity contribution in [3.8, 4) is 28.5 Å². The molecule has 1 heterocycles. The van der Waals surface area contributed by atoms with Crippen molar-refractivity contribution < 1.29 is 13.2 Å². The Balaban J connectivity index is 1.96. The number of anilines is 2. The highest BCUT2D eigenvalue weighted by atomic mass is 19.4. The Morgan fingerprint density at radius 2 is 1.31 bits per heavy atom. The number of rotatable bonds is 2. The molecule has 8 heteroatoms. The van der Waals surface area contributed by atoms with Gasteiger partial charge in [0, 0.05) is 5.56 Å². The number of halogens is 3. The number of hydrogen-bond donors (Lipinski definition) is 2. The van der Waals surface area contributed by atoms with Gasteiger partial charge in [-0.05, 0) is 23.3 Å². The van der Waals surface area contributed by atoms with E-state index in [4.69, 9.17) is 11.5 Å². The first-order chi connectivity index (χ1) is 12.3. The minimum absolute atomic E-state index is 0.0122. The molecule has 0 saturated carbocycles. The zero-order chi connectivity index (χ0) is 18.9. The molecular formula is C18H12F3N5. The predicted octanol–water partition coefficient (Wildman–Crippen LogP) is 3.87. The summed E-state index contributed by atoms with van der Waals surface area (Å²) in [4.78, 5) is 7.81. The van der Waals surface area contributed by atoms with Crippen molar-refractivity contribution >= 4 is 11.8 Å². The fourth-order valence-corrected chi connectivity index (χ4v) is 2.49. The molecule has 0 bridgehead atoms. The topological polar surface area (TPSA) is 102 Å². The molecule has 0 radical (unpaired) electrons. The summed E-state index contributed by atoms with van der Waals surface area (Å²) in [6, 6.07) is 13.6. The van der Waals surface area contributed by atoms with Crippen LogP contribution in [0.5, 0.6) is 0 Å². The van der Waals surface area contributed by atoms with E-state index < -0.39 is 11.7 Å². The first-order valence-electron chi connectivity index (χ1n) is 7.41. The third-order valence-corrected chi connectivity index (χ3v) is 3.77. The maximum Gasteiger partial charge on any atom is 0.416 e. The number of hydrogen-bond acceptors (Lipinski definition) is 5. The lowest BCUT2D eigenvalue weighted by atomic mass is 10.00. The van der Waals surface area contributed by atoms with Gasteiger partial charge in [0.25, 0.3) is 0 Å². The van der Waals surface area contributed by atoms with Crippen LogP contribution < -0.4 is 11.5 Å². The van der Waals surface area contributed by atoms with Crippen molar-refractivity contribution in [3.05, 3.63) is 59.7 Å². The molecule has 0 aliphatic rings. The van der Waals surface area contributed by atoms with Crippen LogP contribution in [-0.2, 0) is 6.18 Å². The molecular weight excluding hydrogens is 343 g/mol. The van der Waals surface area contributed by atoms with Crippen molar-refractivity contribution in [3.63, 3.8) is 0 Å². The van der Waals surface area contributed by atoms with Gasteiger partial charge in [0.1, 0.15) is 17.5 Å². The van der Waals surface area contributed by atoms with Crippen LogP contribution in [-0.4, -0.2) is 9.97 Å². The molecule has 5 nitrogen and oxygen atoms in total. The van der Waals surface area contributed by atoms with Crippen molar-refractivity contribution in [1.82, 2.24) is 9.97 Å². The molecule has 0 fully saturated rings. The Bertz CT molecular complexity index is 988. The first kappa shape index (κ1) is 17.2. The summed E-state index contributed by atoms with van der Waals surface area (Å²) in [5, 5.41) is 9.23. The van der Waals surface area contributed by atoms with Gasteiger partial charge >= 0.3 is 6.18 Å². The standard InChI is InChI=1S/C18H12F3N5/c19-18(20,21)13-7-5-11(6-8-13)10-1-3-12(4-2-10)15-14(9-22)16(23)26-17(24)25-15/h1-8H,(H4,23,24,25,26). The lowest BCUT2D eigenvalue weighted by molar-refractivity contribution is -0.137. The molecule has 0 saturated heterocycles. The molecule has 0 amide bonds. The maximum absolute atomic E-state index is 12.6. The second-order valence-electron chi connectivity index (χ2n) is 5.45. The molecule has 0 unspecified atom stereocenters. The highest BCUT2D eigenvalue weighted by molar-refractivity contribution is 5.75. The Morgan fingerprint density at radius 3 is 1.81 bits per heavy atom. The summed E-state index contributed by atoms with van der Waals surface area (Å²) in [6.07, 6.45) is -4.37. The van der Waals surface area contributed by atoms with Gasteiger partial charge in [-0.3, -0.25) is 0 Å². The van der Waals surface area contributed by atoms with Crippen LogP contribution in [0.3, 0.4) is 0 Å². The molecule has 3 rings (SSSR count).